The van der Waals surface area contributed by atoms with Gasteiger partial charge >= 0.3 is 12.2 Å². The second-order valence-corrected chi connectivity index (χ2v) is 21.5. The monoisotopic (exact) mass is 821 g/mol. The molecule has 14 heteroatoms. The van der Waals surface area contributed by atoms with Gasteiger partial charge < -0.3 is 34.4 Å². The first-order valence-electron chi connectivity index (χ1n) is 20.6. The quantitative estimate of drug-likeness (QED) is 0.151. The molecule has 0 unspecified atom stereocenters. The first-order valence-corrected chi connectivity index (χ1v) is 22.8. The summed E-state index contributed by atoms with van der Waals surface area (Å²) in [6.07, 6.45) is 3.82. The molecule has 0 spiro atoms. The average molecular weight is 822 g/mol. The summed E-state index contributed by atoms with van der Waals surface area (Å²) in [5, 5.41) is 6.75. The second-order valence-electron chi connectivity index (χ2n) is 18.1. The summed E-state index contributed by atoms with van der Waals surface area (Å²) in [6, 6.07) is 19.0. The van der Waals surface area contributed by atoms with Gasteiger partial charge in [-0.1, -0.05) is 70.6 Å². The molecule has 4 aromatic rings. The van der Waals surface area contributed by atoms with Crippen molar-refractivity contribution in [3.05, 3.63) is 84.3 Å². The zero-order valence-corrected chi connectivity index (χ0v) is 37.2. The topological polar surface area (TPSA) is 132 Å². The Bertz CT molecular complexity index is 2100. The molecule has 315 valence electrons. The van der Waals surface area contributed by atoms with Crippen molar-refractivity contribution in [2.45, 2.75) is 84.7 Å². The number of rotatable bonds is 10. The molecule has 2 aliphatic rings. The third-order valence-electron chi connectivity index (χ3n) is 11.1. The number of aromatic nitrogens is 2. The van der Waals surface area contributed by atoms with Gasteiger partial charge in [-0.25, -0.2) is 14.6 Å². The van der Waals surface area contributed by atoms with E-state index in [0.29, 0.717) is 23.9 Å². The van der Waals surface area contributed by atoms with Crippen LogP contribution in [0, 0.1) is 5.92 Å². The minimum atomic E-state index is -0.972. The maximum Gasteiger partial charge on any atom is 0.412 e. The van der Waals surface area contributed by atoms with Gasteiger partial charge in [0.05, 0.1) is 43.6 Å². The van der Waals surface area contributed by atoms with Crippen LogP contribution in [-0.4, -0.2) is 111 Å². The Morgan fingerprint density at radius 2 is 1.63 bits per heavy atom. The first kappa shape index (κ1) is 43.4. The van der Waals surface area contributed by atoms with Crippen molar-refractivity contribution < 1.29 is 23.9 Å². The molecule has 2 atom stereocenters. The van der Waals surface area contributed by atoms with Gasteiger partial charge in [-0.3, -0.25) is 15.1 Å². The summed E-state index contributed by atoms with van der Waals surface area (Å²) in [4.78, 5) is 59.6. The highest BCUT2D eigenvalue weighted by Gasteiger charge is 2.37. The Morgan fingerprint density at radius 1 is 0.898 bits per heavy atom. The van der Waals surface area contributed by atoms with Crippen LogP contribution in [-0.2, 0) is 16.1 Å². The number of nitrogens with one attached hydrogen (secondary N) is 2. The van der Waals surface area contributed by atoms with E-state index in [1.54, 1.807) is 18.5 Å². The molecular formula is C45H61N8O5Si. The van der Waals surface area contributed by atoms with Crippen LogP contribution in [0.2, 0.25) is 11.6 Å². The highest BCUT2D eigenvalue weighted by Crippen LogP contribution is 2.34. The fourth-order valence-corrected chi connectivity index (χ4v) is 8.76. The number of carbonyl (C=O) groups is 3. The van der Waals surface area contributed by atoms with Crippen molar-refractivity contribution in [3.63, 3.8) is 0 Å². The highest BCUT2D eigenvalue weighted by molar-refractivity contribution is 6.61. The van der Waals surface area contributed by atoms with E-state index < -0.39 is 26.4 Å². The van der Waals surface area contributed by atoms with Crippen molar-refractivity contribution in [1.82, 2.24) is 19.8 Å². The maximum absolute atomic E-state index is 14.5. The molecule has 6 rings (SSSR count). The molecule has 3 amide bonds. The molecule has 4 heterocycles. The molecule has 0 bridgehead atoms. The SMILES string of the molecule is C[C@@H]1C[C@H](N(C[Si](C)C(C)(C)C)C(=O)OC(C)(C)C)CN(c2ccncc2NC(=O)c2nc3cc(N4CCN(C)CC4)ccc3cc2NC(=O)OCc2ccccc2)C1. The Morgan fingerprint density at radius 3 is 2.32 bits per heavy atom. The van der Waals surface area contributed by atoms with Gasteiger partial charge in [0.15, 0.2) is 5.69 Å². The zero-order valence-electron chi connectivity index (χ0n) is 36.2. The fourth-order valence-electron chi connectivity index (χ4n) is 7.39. The molecule has 2 aromatic heterocycles. The zero-order chi connectivity index (χ0) is 42.5. The summed E-state index contributed by atoms with van der Waals surface area (Å²) in [7, 11) is 1.15. The van der Waals surface area contributed by atoms with E-state index in [1.165, 1.54) is 0 Å². The molecule has 2 fully saturated rings. The molecule has 0 saturated carbocycles. The van der Waals surface area contributed by atoms with E-state index in [9.17, 15) is 14.4 Å². The van der Waals surface area contributed by atoms with Gasteiger partial charge in [-0.2, -0.15) is 0 Å². The van der Waals surface area contributed by atoms with Gasteiger partial charge in [-0.15, -0.1) is 0 Å². The van der Waals surface area contributed by atoms with Gasteiger partial charge in [-0.05, 0) is 75.0 Å². The molecule has 13 nitrogen and oxygen atoms in total. The second kappa shape index (κ2) is 18.4. The first-order chi connectivity index (χ1) is 27.9. The van der Waals surface area contributed by atoms with Gasteiger partial charge in [0.25, 0.3) is 5.91 Å². The van der Waals surface area contributed by atoms with E-state index in [2.05, 4.69) is 77.7 Å². The number of hydrogen-bond acceptors (Lipinski definition) is 10. The van der Waals surface area contributed by atoms with Gasteiger partial charge in [0.2, 0.25) is 0 Å². The third kappa shape index (κ3) is 11.5. The number of piperazine rings is 1. The van der Waals surface area contributed by atoms with Crippen LogP contribution in [0.25, 0.3) is 10.9 Å². The summed E-state index contributed by atoms with van der Waals surface area (Å²) in [5.74, 6) is -0.267. The number of benzene rings is 2. The average Bonchev–Trinajstić information content (AvgIpc) is 3.18. The number of likely N-dealkylation sites (N-methyl/N-ethyl adjacent to an activating group) is 1. The molecule has 59 heavy (non-hydrogen) atoms. The third-order valence-corrected chi connectivity index (χ3v) is 14.5. The molecule has 2 saturated heterocycles. The number of amides is 3. The largest absolute Gasteiger partial charge is 0.444 e. The minimum Gasteiger partial charge on any atom is -0.444 e. The standard InChI is InChI=1S/C45H61N8O5Si/c1-31-23-35(53(30-59(9)45(5,6)7)43(56)58-44(2,3)4)28-52(27-31)39-17-18-46-26-38(39)48-41(54)40-37(49-42(55)57-29-32-13-11-10-12-14-32)24-33-15-16-34(25-36(33)47-40)51-21-19-50(8)20-22-51/h10-18,24-26,31,35H,19-23,27-30H2,1-9H3,(H,48,54)(H,49,55)/t31-,35+/m1/s1. The van der Waals surface area contributed by atoms with Crippen molar-refractivity contribution in [3.8, 4) is 0 Å². The van der Waals surface area contributed by atoms with Crippen LogP contribution in [0.5, 0.6) is 0 Å². The Hall–Kier alpha value is -5.21. The number of ether oxygens (including phenoxy) is 2. The number of hydrogen-bond donors (Lipinski definition) is 2. The Balaban J connectivity index is 1.29. The molecule has 2 N–H and O–H groups in total. The van der Waals surface area contributed by atoms with E-state index in [-0.39, 0.29) is 41.1 Å². The summed E-state index contributed by atoms with van der Waals surface area (Å²) >= 11 is 0. The normalized spacial score (nSPS) is 17.8. The molecular weight excluding hydrogens is 761 g/mol. The molecule has 1 radical (unpaired) electrons. The number of piperidine rings is 1. The van der Waals surface area contributed by atoms with Crippen LogP contribution in [0.1, 0.15) is 70.9 Å². The summed E-state index contributed by atoms with van der Waals surface area (Å²) in [6.45, 7) is 21.9. The lowest BCUT2D eigenvalue weighted by molar-refractivity contribution is 0.0170. The minimum absolute atomic E-state index is 0.0419. The maximum atomic E-state index is 14.5. The van der Waals surface area contributed by atoms with Crippen molar-refractivity contribution in [2.24, 2.45) is 5.92 Å². The molecule has 2 aliphatic heterocycles. The van der Waals surface area contributed by atoms with Crippen LogP contribution in [0.3, 0.4) is 0 Å². The number of anilines is 4. The fraction of sp³-hybridized carbons (Fsp3) is 0.489. The highest BCUT2D eigenvalue weighted by atomic mass is 28.3. The lowest BCUT2D eigenvalue weighted by Gasteiger charge is -2.44. The van der Waals surface area contributed by atoms with E-state index in [4.69, 9.17) is 14.5 Å². The predicted octanol–water partition coefficient (Wildman–Crippen LogP) is 8.30. The number of carbonyl (C=O) groups excluding carboxylic acids is 3. The van der Waals surface area contributed by atoms with Crippen LogP contribution in [0.15, 0.2) is 73.1 Å². The smallest absolute Gasteiger partial charge is 0.412 e. The van der Waals surface area contributed by atoms with Crippen LogP contribution < -0.4 is 20.4 Å². The molecule has 0 aliphatic carbocycles. The summed E-state index contributed by atoms with van der Waals surface area (Å²) in [5.41, 5.74) is 3.40. The number of fused-ring (bicyclic) bond motifs is 1. The molecule has 2 aromatic carbocycles. The lowest BCUT2D eigenvalue weighted by atomic mass is 9.94. The van der Waals surface area contributed by atoms with Crippen molar-refractivity contribution in [2.75, 3.05) is 72.9 Å². The summed E-state index contributed by atoms with van der Waals surface area (Å²) < 4.78 is 11.5. The lowest BCUT2D eigenvalue weighted by Crippen LogP contribution is -2.56. The van der Waals surface area contributed by atoms with E-state index in [1.807, 2.05) is 74.2 Å². The van der Waals surface area contributed by atoms with Crippen LogP contribution in [0.4, 0.5) is 32.3 Å². The Kier molecular flexibility index (Phi) is 13.5. The van der Waals surface area contributed by atoms with Crippen molar-refractivity contribution in [1.29, 1.82) is 0 Å². The van der Waals surface area contributed by atoms with E-state index in [0.717, 1.165) is 61.5 Å². The predicted molar refractivity (Wildman–Crippen MR) is 238 cm³/mol. The Labute approximate surface area is 351 Å². The number of nitrogens with zero attached hydrogens (tertiary/aromatic N) is 6. The van der Waals surface area contributed by atoms with Crippen LogP contribution >= 0.6 is 0 Å². The van der Waals surface area contributed by atoms with E-state index >= 15 is 0 Å². The van der Waals surface area contributed by atoms with Gasteiger partial charge in [0.1, 0.15) is 12.2 Å². The van der Waals surface area contributed by atoms with Crippen molar-refractivity contribution >= 4 is 60.5 Å². The van der Waals surface area contributed by atoms with Gasteiger partial charge in [0, 0.05) is 62.7 Å². The number of pyridine rings is 2.